The first kappa shape index (κ1) is 15.5. The van der Waals surface area contributed by atoms with Crippen LogP contribution in [0.25, 0.3) is 0 Å². The molecule has 122 valence electrons. The van der Waals surface area contributed by atoms with E-state index < -0.39 is 11.0 Å². The monoisotopic (exact) mass is 317 g/mol. The molecule has 1 aliphatic heterocycles. The van der Waals surface area contributed by atoms with Crippen LogP contribution in [0.2, 0.25) is 0 Å². The van der Waals surface area contributed by atoms with Crippen molar-refractivity contribution in [3.05, 3.63) is 39.9 Å². The van der Waals surface area contributed by atoms with Gasteiger partial charge < -0.3 is 10.2 Å². The normalized spacial score (nSPS) is 20.3. The first-order valence-corrected chi connectivity index (χ1v) is 7.88. The molecule has 1 unspecified atom stereocenters. The third kappa shape index (κ3) is 3.49. The summed E-state index contributed by atoms with van der Waals surface area (Å²) in [5, 5.41) is 14.0. The Morgan fingerprint density at radius 2 is 2.00 bits per heavy atom. The van der Waals surface area contributed by atoms with E-state index in [9.17, 15) is 19.7 Å². The minimum Gasteiger partial charge on any atom is -0.352 e. The summed E-state index contributed by atoms with van der Waals surface area (Å²) in [5.41, 5.74) is 0.328. The van der Waals surface area contributed by atoms with Crippen LogP contribution in [-0.2, 0) is 16.0 Å². The molecule has 3 rings (SSSR count). The minimum atomic E-state index is -0.482. The molecular formula is C16H19N3O4. The SMILES string of the molecule is O=C(NC1CC1)C1CCCN1C(=O)Cc1ccccc1[N+](=O)[O-]. The van der Waals surface area contributed by atoms with E-state index in [1.807, 2.05) is 0 Å². The van der Waals surface area contributed by atoms with Gasteiger partial charge in [-0.2, -0.15) is 0 Å². The van der Waals surface area contributed by atoms with Crippen LogP contribution in [0, 0.1) is 10.1 Å². The molecular weight excluding hydrogens is 298 g/mol. The number of hydrogen-bond acceptors (Lipinski definition) is 4. The predicted molar refractivity (Wildman–Crippen MR) is 82.7 cm³/mol. The molecule has 23 heavy (non-hydrogen) atoms. The standard InChI is InChI=1S/C16H19N3O4/c20-15(10-11-4-1-2-5-13(11)19(22)23)18-9-3-6-14(18)16(21)17-12-7-8-12/h1-2,4-5,12,14H,3,6-10H2,(H,17,21). The van der Waals surface area contributed by atoms with Crippen LogP contribution < -0.4 is 5.32 Å². The quantitative estimate of drug-likeness (QED) is 0.656. The zero-order chi connectivity index (χ0) is 16.4. The molecule has 2 aliphatic rings. The molecule has 1 saturated carbocycles. The predicted octanol–water partition coefficient (Wildman–Crippen LogP) is 1.41. The third-order valence-electron chi connectivity index (χ3n) is 4.33. The fourth-order valence-corrected chi connectivity index (χ4v) is 2.97. The Balaban J connectivity index is 1.69. The van der Waals surface area contributed by atoms with Gasteiger partial charge in [0.05, 0.1) is 11.3 Å². The fraction of sp³-hybridized carbons (Fsp3) is 0.500. The van der Waals surface area contributed by atoms with Crippen molar-refractivity contribution in [3.63, 3.8) is 0 Å². The van der Waals surface area contributed by atoms with Crippen LogP contribution in [0.5, 0.6) is 0 Å². The fourth-order valence-electron chi connectivity index (χ4n) is 2.97. The van der Waals surface area contributed by atoms with E-state index in [4.69, 9.17) is 0 Å². The van der Waals surface area contributed by atoms with Gasteiger partial charge in [-0.15, -0.1) is 0 Å². The molecule has 2 fully saturated rings. The van der Waals surface area contributed by atoms with Crippen molar-refractivity contribution >= 4 is 17.5 Å². The van der Waals surface area contributed by atoms with Crippen molar-refractivity contribution in [1.29, 1.82) is 0 Å². The van der Waals surface area contributed by atoms with Crippen molar-refractivity contribution in [3.8, 4) is 0 Å². The Hall–Kier alpha value is -2.44. The van der Waals surface area contributed by atoms with Crippen molar-refractivity contribution < 1.29 is 14.5 Å². The van der Waals surface area contributed by atoms with Gasteiger partial charge in [0.25, 0.3) is 5.69 Å². The van der Waals surface area contributed by atoms with Crippen molar-refractivity contribution in [2.45, 2.75) is 44.2 Å². The van der Waals surface area contributed by atoms with Crippen LogP contribution in [-0.4, -0.2) is 40.3 Å². The van der Waals surface area contributed by atoms with E-state index in [2.05, 4.69) is 5.32 Å². The molecule has 1 aliphatic carbocycles. The van der Waals surface area contributed by atoms with E-state index >= 15 is 0 Å². The second-order valence-electron chi connectivity index (χ2n) is 6.09. The molecule has 7 nitrogen and oxygen atoms in total. The van der Waals surface area contributed by atoms with Gasteiger partial charge in [0.2, 0.25) is 11.8 Å². The lowest BCUT2D eigenvalue weighted by molar-refractivity contribution is -0.385. The molecule has 1 aromatic rings. The third-order valence-corrected chi connectivity index (χ3v) is 4.33. The van der Waals surface area contributed by atoms with Crippen LogP contribution in [0.4, 0.5) is 5.69 Å². The number of likely N-dealkylation sites (tertiary alicyclic amines) is 1. The van der Waals surface area contributed by atoms with Crippen molar-refractivity contribution in [2.75, 3.05) is 6.54 Å². The summed E-state index contributed by atoms with van der Waals surface area (Å²) in [6, 6.07) is 6.06. The summed E-state index contributed by atoms with van der Waals surface area (Å²) < 4.78 is 0. The second-order valence-corrected chi connectivity index (χ2v) is 6.09. The van der Waals surface area contributed by atoms with Gasteiger partial charge in [0, 0.05) is 24.2 Å². The number of para-hydroxylation sites is 1. The number of carbonyl (C=O) groups excluding carboxylic acids is 2. The summed E-state index contributed by atoms with van der Waals surface area (Å²) in [6.07, 6.45) is 3.39. The summed E-state index contributed by atoms with van der Waals surface area (Å²) >= 11 is 0. The average Bonchev–Trinajstić information content (AvgIpc) is 3.19. The number of nitro benzene ring substituents is 1. The maximum atomic E-state index is 12.5. The second kappa shape index (κ2) is 6.36. The smallest absolute Gasteiger partial charge is 0.273 e. The lowest BCUT2D eigenvalue weighted by atomic mass is 10.1. The Morgan fingerprint density at radius 1 is 1.26 bits per heavy atom. The van der Waals surface area contributed by atoms with E-state index in [0.29, 0.717) is 18.5 Å². The Morgan fingerprint density at radius 3 is 2.70 bits per heavy atom. The molecule has 1 aromatic carbocycles. The van der Waals surface area contributed by atoms with Gasteiger partial charge in [-0.05, 0) is 25.7 Å². The Bertz CT molecular complexity index is 642. The van der Waals surface area contributed by atoms with Gasteiger partial charge in [-0.1, -0.05) is 18.2 Å². The van der Waals surface area contributed by atoms with Gasteiger partial charge in [-0.3, -0.25) is 19.7 Å². The highest BCUT2D eigenvalue weighted by Gasteiger charge is 2.36. The molecule has 0 aromatic heterocycles. The maximum Gasteiger partial charge on any atom is 0.273 e. The zero-order valence-electron chi connectivity index (χ0n) is 12.7. The van der Waals surface area contributed by atoms with E-state index in [-0.39, 0.29) is 30.0 Å². The van der Waals surface area contributed by atoms with Crippen molar-refractivity contribution in [1.82, 2.24) is 10.2 Å². The highest BCUT2D eigenvalue weighted by atomic mass is 16.6. The molecule has 1 N–H and O–H groups in total. The number of nitrogens with one attached hydrogen (secondary N) is 1. The largest absolute Gasteiger partial charge is 0.352 e. The van der Waals surface area contributed by atoms with Crippen LogP contribution in [0.3, 0.4) is 0 Å². The molecule has 1 heterocycles. The summed E-state index contributed by atoms with van der Waals surface area (Å²) in [5.74, 6) is -0.325. The molecule has 2 amide bonds. The van der Waals surface area contributed by atoms with Gasteiger partial charge in [0.1, 0.15) is 6.04 Å². The summed E-state index contributed by atoms with van der Waals surface area (Å²) in [7, 11) is 0. The van der Waals surface area contributed by atoms with Crippen molar-refractivity contribution in [2.24, 2.45) is 0 Å². The lowest BCUT2D eigenvalue weighted by Gasteiger charge is -2.24. The van der Waals surface area contributed by atoms with E-state index in [0.717, 1.165) is 19.3 Å². The number of hydrogen-bond donors (Lipinski definition) is 1. The van der Waals surface area contributed by atoms with E-state index in [1.54, 1.807) is 23.1 Å². The molecule has 7 heteroatoms. The first-order valence-electron chi connectivity index (χ1n) is 7.88. The van der Waals surface area contributed by atoms with Gasteiger partial charge in [0.15, 0.2) is 0 Å². The van der Waals surface area contributed by atoms with Crippen LogP contribution in [0.1, 0.15) is 31.2 Å². The Labute approximate surface area is 133 Å². The first-order chi connectivity index (χ1) is 11.1. The lowest BCUT2D eigenvalue weighted by Crippen LogP contribution is -2.47. The number of nitrogens with zero attached hydrogens (tertiary/aromatic N) is 2. The molecule has 0 bridgehead atoms. The Kier molecular flexibility index (Phi) is 4.27. The number of benzene rings is 1. The van der Waals surface area contributed by atoms with E-state index in [1.165, 1.54) is 6.07 Å². The summed E-state index contributed by atoms with van der Waals surface area (Å²) in [4.78, 5) is 36.9. The van der Waals surface area contributed by atoms with Gasteiger partial charge >= 0.3 is 0 Å². The van der Waals surface area contributed by atoms with Crippen LogP contribution >= 0.6 is 0 Å². The average molecular weight is 317 g/mol. The highest BCUT2D eigenvalue weighted by molar-refractivity contribution is 5.89. The number of rotatable bonds is 5. The molecule has 1 saturated heterocycles. The highest BCUT2D eigenvalue weighted by Crippen LogP contribution is 2.24. The maximum absolute atomic E-state index is 12.5. The molecule has 1 atom stereocenters. The minimum absolute atomic E-state index is 0.0512. The number of amides is 2. The summed E-state index contributed by atoms with van der Waals surface area (Å²) in [6.45, 7) is 0.530. The number of carbonyl (C=O) groups is 2. The molecule has 0 spiro atoms. The van der Waals surface area contributed by atoms with Crippen LogP contribution in [0.15, 0.2) is 24.3 Å². The van der Waals surface area contributed by atoms with Gasteiger partial charge in [-0.25, -0.2) is 0 Å². The topological polar surface area (TPSA) is 92.6 Å². The number of nitro groups is 1. The zero-order valence-corrected chi connectivity index (χ0v) is 12.7. The molecule has 0 radical (unpaired) electrons.